The number of fused-ring (bicyclic) bond motifs is 1. The van der Waals surface area contributed by atoms with Gasteiger partial charge in [-0.15, -0.1) is 22.7 Å². The standard InChI is InChI=1S/C28H35NS2/c1-2-3-4-5-6-7-8-9-21-10-12-22(13-11-21)23-14-16-24(17-15-23)26-19-28-27(31-26)18-25(20-29)30-28/h14-19,21-22H,2-13H2,1H3/t21-,22-. The maximum absolute atomic E-state index is 9.07. The Hall–Kier alpha value is -1.63. The molecule has 1 aliphatic carbocycles. The van der Waals surface area contributed by atoms with Gasteiger partial charge in [-0.05, 0) is 60.8 Å². The highest BCUT2D eigenvalue weighted by atomic mass is 32.1. The summed E-state index contributed by atoms with van der Waals surface area (Å²) in [5.74, 6) is 1.73. The average molecular weight is 450 g/mol. The van der Waals surface area contributed by atoms with Gasteiger partial charge in [-0.2, -0.15) is 5.26 Å². The summed E-state index contributed by atoms with van der Waals surface area (Å²) >= 11 is 3.40. The van der Waals surface area contributed by atoms with E-state index in [2.05, 4.69) is 43.3 Å². The van der Waals surface area contributed by atoms with Crippen LogP contribution in [0.1, 0.15) is 100 Å². The molecule has 164 valence electrons. The Bertz CT molecular complexity index is 949. The van der Waals surface area contributed by atoms with E-state index in [-0.39, 0.29) is 0 Å². The molecule has 0 radical (unpaired) electrons. The molecule has 4 rings (SSSR count). The second-order valence-electron chi connectivity index (χ2n) is 9.31. The Morgan fingerprint density at radius 2 is 1.52 bits per heavy atom. The molecule has 0 unspecified atom stereocenters. The van der Waals surface area contributed by atoms with E-state index in [9.17, 15) is 0 Å². The minimum Gasteiger partial charge on any atom is -0.192 e. The number of hydrogen-bond donors (Lipinski definition) is 0. The summed E-state index contributed by atoms with van der Waals surface area (Å²) in [5, 5.41) is 9.07. The zero-order valence-electron chi connectivity index (χ0n) is 18.9. The lowest BCUT2D eigenvalue weighted by molar-refractivity contribution is 0.302. The third-order valence-electron chi connectivity index (χ3n) is 7.05. The number of hydrogen-bond acceptors (Lipinski definition) is 3. The fraction of sp³-hybridized carbons (Fsp3) is 0.536. The van der Waals surface area contributed by atoms with Gasteiger partial charge in [-0.25, -0.2) is 0 Å². The molecule has 1 fully saturated rings. The molecular formula is C28H35NS2. The van der Waals surface area contributed by atoms with Crippen molar-refractivity contribution >= 4 is 32.1 Å². The molecule has 1 nitrogen and oxygen atoms in total. The molecule has 3 aromatic rings. The molecule has 31 heavy (non-hydrogen) atoms. The van der Waals surface area contributed by atoms with Gasteiger partial charge in [-0.1, -0.05) is 82.6 Å². The van der Waals surface area contributed by atoms with Crippen LogP contribution in [0.4, 0.5) is 0 Å². The molecular weight excluding hydrogens is 414 g/mol. The monoisotopic (exact) mass is 449 g/mol. The molecule has 0 amide bonds. The number of rotatable bonds is 10. The zero-order chi connectivity index (χ0) is 21.5. The van der Waals surface area contributed by atoms with Crippen molar-refractivity contribution < 1.29 is 0 Å². The zero-order valence-corrected chi connectivity index (χ0v) is 20.5. The number of thiophene rings is 2. The first-order valence-corrected chi connectivity index (χ1v) is 13.9. The molecule has 3 heteroatoms. The molecule has 1 aliphatic rings. The summed E-state index contributed by atoms with van der Waals surface area (Å²) < 4.78 is 2.47. The van der Waals surface area contributed by atoms with Crippen LogP contribution in [0.3, 0.4) is 0 Å². The van der Waals surface area contributed by atoms with Crippen molar-refractivity contribution in [1.29, 1.82) is 5.26 Å². The van der Waals surface area contributed by atoms with Crippen LogP contribution in [-0.4, -0.2) is 0 Å². The fourth-order valence-corrected chi connectivity index (χ4v) is 7.33. The summed E-state index contributed by atoms with van der Waals surface area (Å²) in [6.45, 7) is 2.29. The lowest BCUT2D eigenvalue weighted by Gasteiger charge is -2.29. The van der Waals surface area contributed by atoms with Gasteiger partial charge < -0.3 is 0 Å². The van der Waals surface area contributed by atoms with E-state index in [1.807, 2.05) is 6.07 Å². The van der Waals surface area contributed by atoms with E-state index in [1.54, 1.807) is 22.7 Å². The van der Waals surface area contributed by atoms with Crippen molar-refractivity contribution in [1.82, 2.24) is 0 Å². The van der Waals surface area contributed by atoms with Crippen LogP contribution in [0.15, 0.2) is 36.4 Å². The third kappa shape index (κ3) is 5.99. The smallest absolute Gasteiger partial charge is 0.110 e. The van der Waals surface area contributed by atoms with Gasteiger partial charge in [0.25, 0.3) is 0 Å². The van der Waals surface area contributed by atoms with E-state index < -0.39 is 0 Å². The predicted molar refractivity (Wildman–Crippen MR) is 137 cm³/mol. The molecule has 0 aliphatic heterocycles. The first-order valence-electron chi connectivity index (χ1n) is 12.3. The normalized spacial score (nSPS) is 19.0. The molecule has 0 atom stereocenters. The quantitative estimate of drug-likeness (QED) is 0.282. The number of nitrogens with zero attached hydrogens (tertiary/aromatic N) is 1. The van der Waals surface area contributed by atoms with Gasteiger partial charge in [0.15, 0.2) is 0 Å². The molecule has 0 bridgehead atoms. The van der Waals surface area contributed by atoms with E-state index in [1.165, 1.54) is 102 Å². The molecule has 2 heterocycles. The maximum atomic E-state index is 9.07. The molecule has 0 saturated heterocycles. The summed E-state index contributed by atoms with van der Waals surface area (Å²) in [5.41, 5.74) is 2.84. The Kier molecular flexibility index (Phi) is 8.22. The topological polar surface area (TPSA) is 23.8 Å². The summed E-state index contributed by atoms with van der Waals surface area (Å²) in [4.78, 5) is 2.13. The van der Waals surface area contributed by atoms with E-state index in [0.29, 0.717) is 0 Å². The van der Waals surface area contributed by atoms with E-state index in [0.717, 1.165) is 16.7 Å². The van der Waals surface area contributed by atoms with Crippen LogP contribution in [0.25, 0.3) is 19.8 Å². The SMILES string of the molecule is CCCCCCCCC[C@H]1CC[C@H](c2ccc(-c3cc4sc(C#N)cc4s3)cc2)CC1. The van der Waals surface area contributed by atoms with Crippen LogP contribution in [0.2, 0.25) is 0 Å². The second kappa shape index (κ2) is 11.3. The minimum absolute atomic E-state index is 0.754. The number of benzene rings is 1. The van der Waals surface area contributed by atoms with Crippen LogP contribution < -0.4 is 0 Å². The average Bonchev–Trinajstić information content (AvgIpc) is 3.38. The van der Waals surface area contributed by atoms with Gasteiger partial charge >= 0.3 is 0 Å². The Morgan fingerprint density at radius 1 is 0.839 bits per heavy atom. The first-order chi connectivity index (χ1) is 15.3. The number of nitriles is 1. The second-order valence-corrected chi connectivity index (χ2v) is 11.5. The van der Waals surface area contributed by atoms with Crippen LogP contribution in [0.5, 0.6) is 0 Å². The van der Waals surface area contributed by atoms with Crippen molar-refractivity contribution in [3.05, 3.63) is 46.8 Å². The highest BCUT2D eigenvalue weighted by Crippen LogP contribution is 2.40. The van der Waals surface area contributed by atoms with Gasteiger partial charge in [0, 0.05) is 14.3 Å². The highest BCUT2D eigenvalue weighted by molar-refractivity contribution is 7.29. The first kappa shape index (κ1) is 22.6. The summed E-state index contributed by atoms with van der Waals surface area (Å²) in [6.07, 6.45) is 17.0. The van der Waals surface area contributed by atoms with Crippen molar-refractivity contribution in [3.63, 3.8) is 0 Å². The van der Waals surface area contributed by atoms with Gasteiger partial charge in [-0.3, -0.25) is 0 Å². The molecule has 0 spiro atoms. The van der Waals surface area contributed by atoms with Crippen LogP contribution >= 0.6 is 22.7 Å². The summed E-state index contributed by atoms with van der Waals surface area (Å²) in [7, 11) is 0. The third-order valence-corrected chi connectivity index (χ3v) is 9.29. The Labute approximate surface area is 196 Å². The predicted octanol–water partition coefficient (Wildman–Crippen LogP) is 9.92. The Balaban J connectivity index is 1.23. The van der Waals surface area contributed by atoms with Gasteiger partial charge in [0.05, 0.1) is 0 Å². The Morgan fingerprint density at radius 3 is 2.19 bits per heavy atom. The van der Waals surface area contributed by atoms with Gasteiger partial charge in [0.2, 0.25) is 0 Å². The van der Waals surface area contributed by atoms with Gasteiger partial charge in [0.1, 0.15) is 10.9 Å². The minimum atomic E-state index is 0.754. The fourth-order valence-electron chi connectivity index (χ4n) is 5.13. The molecule has 0 N–H and O–H groups in total. The van der Waals surface area contributed by atoms with Crippen molar-refractivity contribution in [3.8, 4) is 16.5 Å². The lowest BCUT2D eigenvalue weighted by Crippen LogP contribution is -2.13. The molecule has 2 aromatic heterocycles. The molecule has 1 aromatic carbocycles. The van der Waals surface area contributed by atoms with Crippen molar-refractivity contribution in [2.75, 3.05) is 0 Å². The van der Waals surface area contributed by atoms with Crippen LogP contribution in [0, 0.1) is 17.2 Å². The highest BCUT2D eigenvalue weighted by Gasteiger charge is 2.22. The maximum Gasteiger partial charge on any atom is 0.110 e. The van der Waals surface area contributed by atoms with Crippen molar-refractivity contribution in [2.24, 2.45) is 5.92 Å². The summed E-state index contributed by atoms with van der Waals surface area (Å²) in [6, 6.07) is 15.9. The van der Waals surface area contributed by atoms with E-state index in [4.69, 9.17) is 5.26 Å². The largest absolute Gasteiger partial charge is 0.192 e. The lowest BCUT2D eigenvalue weighted by atomic mass is 9.77. The van der Waals surface area contributed by atoms with Crippen LogP contribution in [-0.2, 0) is 0 Å². The van der Waals surface area contributed by atoms with E-state index >= 15 is 0 Å². The van der Waals surface area contributed by atoms with Crippen molar-refractivity contribution in [2.45, 2.75) is 89.9 Å². The number of unbranched alkanes of at least 4 members (excludes halogenated alkanes) is 6. The molecule has 1 saturated carbocycles.